The van der Waals surface area contributed by atoms with Crippen molar-refractivity contribution in [1.82, 2.24) is 9.97 Å². The number of nitrogens with zero attached hydrogens (tertiary/aromatic N) is 2. The Morgan fingerprint density at radius 3 is 2.10 bits per heavy atom. The molecule has 0 aliphatic heterocycles. The molecule has 20 heavy (non-hydrogen) atoms. The average molecular weight is 266 g/mol. The van der Waals surface area contributed by atoms with Gasteiger partial charge in [0, 0.05) is 5.56 Å². The van der Waals surface area contributed by atoms with Crippen LogP contribution < -0.4 is 0 Å². The largest absolute Gasteiger partial charge is 0.393 e. The van der Waals surface area contributed by atoms with Gasteiger partial charge >= 0.3 is 0 Å². The Labute approximate surface area is 116 Å². The van der Waals surface area contributed by atoms with Crippen LogP contribution in [0.2, 0.25) is 0 Å². The molecule has 1 unspecified atom stereocenters. The Hall–Kier alpha value is -2.30. The number of hydrogen-bond donors (Lipinski definition) is 2. The van der Waals surface area contributed by atoms with E-state index in [2.05, 4.69) is 9.97 Å². The maximum Gasteiger partial charge on any atom is 0.121 e. The van der Waals surface area contributed by atoms with E-state index in [0.717, 1.165) is 11.1 Å². The molecule has 1 aromatic heterocycles. The zero-order chi connectivity index (χ0) is 13.9. The molecule has 0 spiro atoms. The Bertz CT molecular complexity index is 729. The highest BCUT2D eigenvalue weighted by atomic mass is 16.3. The van der Waals surface area contributed by atoms with Crippen LogP contribution in [0.15, 0.2) is 54.6 Å². The first-order valence-electron chi connectivity index (χ1n) is 6.40. The van der Waals surface area contributed by atoms with Gasteiger partial charge in [0.15, 0.2) is 0 Å². The predicted molar refractivity (Wildman–Crippen MR) is 77.0 cm³/mol. The van der Waals surface area contributed by atoms with Crippen molar-refractivity contribution in [2.75, 3.05) is 6.61 Å². The molecular weight excluding hydrogens is 252 g/mol. The zero-order valence-corrected chi connectivity index (χ0v) is 10.8. The van der Waals surface area contributed by atoms with Crippen LogP contribution in [-0.2, 0) is 0 Å². The standard InChI is InChI=1S/C16H14N2O2/c19-10-14(20)16-15(11-6-2-1-3-7-11)17-12-8-4-5-9-13(12)18-16/h1-9,14,19-20H,10H2. The molecule has 1 heterocycles. The van der Waals surface area contributed by atoms with Gasteiger partial charge in [-0.2, -0.15) is 0 Å². The molecule has 0 radical (unpaired) electrons. The van der Waals surface area contributed by atoms with Crippen LogP contribution in [0.5, 0.6) is 0 Å². The number of hydrogen-bond acceptors (Lipinski definition) is 4. The van der Waals surface area contributed by atoms with Gasteiger partial charge in [0.25, 0.3) is 0 Å². The summed E-state index contributed by atoms with van der Waals surface area (Å²) in [7, 11) is 0. The molecule has 3 aromatic rings. The summed E-state index contributed by atoms with van der Waals surface area (Å²) >= 11 is 0. The monoisotopic (exact) mass is 266 g/mol. The molecule has 0 fully saturated rings. The molecular formula is C16H14N2O2. The van der Waals surface area contributed by atoms with E-state index in [0.29, 0.717) is 16.9 Å². The lowest BCUT2D eigenvalue weighted by Crippen LogP contribution is -2.09. The lowest BCUT2D eigenvalue weighted by molar-refractivity contribution is 0.0927. The van der Waals surface area contributed by atoms with Crippen LogP contribution in [0.25, 0.3) is 22.3 Å². The van der Waals surface area contributed by atoms with Crippen LogP contribution in [0.3, 0.4) is 0 Å². The van der Waals surface area contributed by atoms with Gasteiger partial charge in [-0.15, -0.1) is 0 Å². The molecule has 1 atom stereocenters. The molecule has 0 aliphatic rings. The third-order valence-electron chi connectivity index (χ3n) is 3.13. The molecule has 4 nitrogen and oxygen atoms in total. The topological polar surface area (TPSA) is 66.2 Å². The van der Waals surface area contributed by atoms with Crippen LogP contribution in [0.4, 0.5) is 0 Å². The molecule has 2 aromatic carbocycles. The molecule has 0 bridgehead atoms. The fourth-order valence-electron chi connectivity index (χ4n) is 2.14. The number of aliphatic hydroxyl groups excluding tert-OH is 2. The van der Waals surface area contributed by atoms with Gasteiger partial charge in [-0.25, -0.2) is 9.97 Å². The van der Waals surface area contributed by atoms with E-state index >= 15 is 0 Å². The van der Waals surface area contributed by atoms with Crippen molar-refractivity contribution in [3.8, 4) is 11.3 Å². The van der Waals surface area contributed by atoms with Crippen LogP contribution in [0, 0.1) is 0 Å². The summed E-state index contributed by atoms with van der Waals surface area (Å²) in [5.74, 6) is 0. The van der Waals surface area contributed by atoms with Crippen molar-refractivity contribution in [3.05, 3.63) is 60.3 Å². The molecule has 0 aliphatic carbocycles. The minimum atomic E-state index is -1.04. The molecule has 4 heteroatoms. The molecule has 0 amide bonds. The molecule has 0 saturated carbocycles. The first kappa shape index (κ1) is 12.7. The summed E-state index contributed by atoms with van der Waals surface area (Å²) in [6.07, 6.45) is -1.04. The second kappa shape index (κ2) is 5.36. The van der Waals surface area contributed by atoms with Crippen molar-refractivity contribution in [3.63, 3.8) is 0 Å². The van der Waals surface area contributed by atoms with E-state index < -0.39 is 6.10 Å². The lowest BCUT2D eigenvalue weighted by Gasteiger charge is -2.13. The number of fused-ring (bicyclic) bond motifs is 1. The van der Waals surface area contributed by atoms with Gasteiger partial charge < -0.3 is 10.2 Å². The van der Waals surface area contributed by atoms with Gasteiger partial charge in [-0.05, 0) is 12.1 Å². The van der Waals surface area contributed by atoms with Crippen molar-refractivity contribution in [1.29, 1.82) is 0 Å². The van der Waals surface area contributed by atoms with E-state index in [-0.39, 0.29) is 6.61 Å². The molecule has 3 rings (SSSR count). The summed E-state index contributed by atoms with van der Waals surface area (Å²) in [6.45, 7) is -0.382. The molecule has 2 N–H and O–H groups in total. The Kier molecular flexibility index (Phi) is 3.41. The van der Waals surface area contributed by atoms with Crippen LogP contribution >= 0.6 is 0 Å². The molecule has 0 saturated heterocycles. The minimum Gasteiger partial charge on any atom is -0.393 e. The SMILES string of the molecule is OCC(O)c1nc2ccccc2nc1-c1ccccc1. The highest BCUT2D eigenvalue weighted by Gasteiger charge is 2.17. The first-order chi connectivity index (χ1) is 9.79. The first-order valence-corrected chi connectivity index (χ1v) is 6.40. The average Bonchev–Trinajstić information content (AvgIpc) is 2.53. The second-order valence-electron chi connectivity index (χ2n) is 4.51. The number of rotatable bonds is 3. The maximum atomic E-state index is 9.98. The van der Waals surface area contributed by atoms with E-state index in [9.17, 15) is 10.2 Å². The van der Waals surface area contributed by atoms with Crippen molar-refractivity contribution >= 4 is 11.0 Å². The van der Waals surface area contributed by atoms with Gasteiger partial charge in [0.2, 0.25) is 0 Å². The van der Waals surface area contributed by atoms with E-state index in [1.54, 1.807) is 0 Å². The Morgan fingerprint density at radius 1 is 0.850 bits per heavy atom. The van der Waals surface area contributed by atoms with Crippen LogP contribution in [-0.4, -0.2) is 26.8 Å². The summed E-state index contributed by atoms with van der Waals surface area (Å²) < 4.78 is 0. The Morgan fingerprint density at radius 2 is 1.45 bits per heavy atom. The quantitative estimate of drug-likeness (QED) is 0.763. The third kappa shape index (κ3) is 2.27. The van der Waals surface area contributed by atoms with E-state index in [1.165, 1.54) is 0 Å². The van der Waals surface area contributed by atoms with Crippen LogP contribution in [0.1, 0.15) is 11.8 Å². The summed E-state index contributed by atoms with van der Waals surface area (Å²) in [6, 6.07) is 17.0. The third-order valence-corrected chi connectivity index (χ3v) is 3.13. The van der Waals surface area contributed by atoms with Gasteiger partial charge in [-0.3, -0.25) is 0 Å². The predicted octanol–water partition coefficient (Wildman–Crippen LogP) is 2.32. The summed E-state index contributed by atoms with van der Waals surface area (Å²) in [5, 5.41) is 19.2. The van der Waals surface area contributed by atoms with Crippen molar-refractivity contribution in [2.45, 2.75) is 6.10 Å². The Balaban J connectivity index is 2.27. The number of aliphatic hydroxyl groups is 2. The number of aromatic nitrogens is 2. The zero-order valence-electron chi connectivity index (χ0n) is 10.8. The normalized spacial score (nSPS) is 12.5. The van der Waals surface area contributed by atoms with E-state index in [1.807, 2.05) is 54.6 Å². The fraction of sp³-hybridized carbons (Fsp3) is 0.125. The van der Waals surface area contributed by atoms with Gasteiger partial charge in [0.1, 0.15) is 6.10 Å². The minimum absolute atomic E-state index is 0.382. The van der Waals surface area contributed by atoms with Gasteiger partial charge in [0.05, 0.1) is 29.0 Å². The van der Waals surface area contributed by atoms with Crippen molar-refractivity contribution in [2.24, 2.45) is 0 Å². The maximum absolute atomic E-state index is 9.98. The summed E-state index contributed by atoms with van der Waals surface area (Å²) in [5.41, 5.74) is 3.34. The second-order valence-corrected chi connectivity index (χ2v) is 4.51. The fourth-order valence-corrected chi connectivity index (χ4v) is 2.14. The highest BCUT2D eigenvalue weighted by Crippen LogP contribution is 2.27. The van der Waals surface area contributed by atoms with Crippen molar-refractivity contribution < 1.29 is 10.2 Å². The molecule has 100 valence electrons. The van der Waals surface area contributed by atoms with E-state index in [4.69, 9.17) is 0 Å². The lowest BCUT2D eigenvalue weighted by atomic mass is 10.1. The summed E-state index contributed by atoms with van der Waals surface area (Å²) in [4.78, 5) is 9.03. The number of para-hydroxylation sites is 2. The number of benzene rings is 2. The smallest absolute Gasteiger partial charge is 0.121 e. The van der Waals surface area contributed by atoms with Gasteiger partial charge in [-0.1, -0.05) is 42.5 Å². The highest BCUT2D eigenvalue weighted by molar-refractivity contribution is 5.78.